The molecule has 1 rings (SSSR count). The molecule has 0 aromatic carbocycles. The van der Waals surface area contributed by atoms with Gasteiger partial charge in [0.1, 0.15) is 9.84 Å². The largest absolute Gasteiger partial charge is 0.394 e. The minimum absolute atomic E-state index is 0.0989. The van der Waals surface area contributed by atoms with E-state index in [-0.39, 0.29) is 24.7 Å². The number of aliphatic hydroxyl groups is 1. The number of aliphatic hydroxyl groups excluding tert-OH is 1. The van der Waals surface area contributed by atoms with Crippen molar-refractivity contribution in [3.63, 3.8) is 0 Å². The lowest BCUT2D eigenvalue weighted by Crippen LogP contribution is -2.57. The van der Waals surface area contributed by atoms with Crippen molar-refractivity contribution in [2.24, 2.45) is 11.7 Å². The highest BCUT2D eigenvalue weighted by molar-refractivity contribution is 7.90. The van der Waals surface area contributed by atoms with Crippen molar-refractivity contribution in [1.82, 2.24) is 5.32 Å². The zero-order valence-corrected chi connectivity index (χ0v) is 13.1. The van der Waals surface area contributed by atoms with E-state index in [0.29, 0.717) is 5.92 Å². The van der Waals surface area contributed by atoms with Crippen LogP contribution in [0.3, 0.4) is 0 Å². The lowest BCUT2D eigenvalue weighted by molar-refractivity contribution is -0.125. The maximum absolute atomic E-state index is 12.1. The summed E-state index contributed by atoms with van der Waals surface area (Å²) in [4.78, 5) is 12.1. The Kier molecular flexibility index (Phi) is 5.97. The summed E-state index contributed by atoms with van der Waals surface area (Å²) in [6.07, 6.45) is 4.74. The summed E-state index contributed by atoms with van der Waals surface area (Å²) in [5.41, 5.74) is 5.13. The zero-order valence-electron chi connectivity index (χ0n) is 12.3. The highest BCUT2D eigenvalue weighted by Gasteiger charge is 2.36. The van der Waals surface area contributed by atoms with Crippen LogP contribution < -0.4 is 11.1 Å². The van der Waals surface area contributed by atoms with Gasteiger partial charge in [0.2, 0.25) is 5.91 Å². The molecule has 0 radical (unpaired) electrons. The van der Waals surface area contributed by atoms with E-state index in [1.165, 1.54) is 0 Å². The van der Waals surface area contributed by atoms with E-state index < -0.39 is 21.4 Å². The molecular weight excluding hydrogens is 280 g/mol. The first-order valence-electron chi connectivity index (χ1n) is 7.04. The summed E-state index contributed by atoms with van der Waals surface area (Å²) in [7, 11) is -3.12. The van der Waals surface area contributed by atoms with Crippen LogP contribution in [0.5, 0.6) is 0 Å². The van der Waals surface area contributed by atoms with Gasteiger partial charge in [-0.2, -0.15) is 0 Å². The average molecular weight is 306 g/mol. The van der Waals surface area contributed by atoms with Crippen LogP contribution >= 0.6 is 0 Å². The summed E-state index contributed by atoms with van der Waals surface area (Å²) in [6, 6.07) is -0.856. The molecule has 7 heteroatoms. The van der Waals surface area contributed by atoms with Crippen molar-refractivity contribution in [2.45, 2.75) is 50.6 Å². The van der Waals surface area contributed by atoms with E-state index in [2.05, 4.69) is 12.2 Å². The lowest BCUT2D eigenvalue weighted by atomic mass is 9.76. The molecule has 0 heterocycles. The number of carbonyl (C=O) groups excluding carboxylic acids is 1. The normalized spacial score (nSPS) is 28.9. The molecule has 1 aliphatic carbocycles. The molecule has 0 aliphatic heterocycles. The third kappa shape index (κ3) is 5.38. The number of nitrogens with one attached hydrogen (secondary N) is 1. The molecule has 1 amide bonds. The van der Waals surface area contributed by atoms with Gasteiger partial charge < -0.3 is 16.2 Å². The molecule has 118 valence electrons. The first-order valence-corrected chi connectivity index (χ1v) is 9.10. The van der Waals surface area contributed by atoms with Crippen molar-refractivity contribution in [3.05, 3.63) is 0 Å². The smallest absolute Gasteiger partial charge is 0.237 e. The molecule has 1 aliphatic rings. The summed E-state index contributed by atoms with van der Waals surface area (Å²) in [5.74, 6) is -0.0374. The molecule has 0 saturated heterocycles. The van der Waals surface area contributed by atoms with Gasteiger partial charge in [-0.3, -0.25) is 4.79 Å². The Balaban J connectivity index is 2.58. The van der Waals surface area contributed by atoms with Crippen LogP contribution in [-0.2, 0) is 14.6 Å². The average Bonchev–Trinajstić information content (AvgIpc) is 2.35. The first-order chi connectivity index (χ1) is 9.17. The minimum atomic E-state index is -3.12. The fraction of sp³-hybridized carbons (Fsp3) is 0.923. The van der Waals surface area contributed by atoms with Crippen molar-refractivity contribution in [1.29, 1.82) is 0 Å². The van der Waals surface area contributed by atoms with Crippen LogP contribution in [-0.4, -0.2) is 49.6 Å². The van der Waals surface area contributed by atoms with Gasteiger partial charge >= 0.3 is 0 Å². The van der Waals surface area contributed by atoms with Gasteiger partial charge in [-0.25, -0.2) is 8.42 Å². The van der Waals surface area contributed by atoms with Crippen LogP contribution in [0, 0.1) is 5.92 Å². The van der Waals surface area contributed by atoms with Crippen LogP contribution in [0.25, 0.3) is 0 Å². The third-order valence-electron chi connectivity index (χ3n) is 3.92. The molecule has 6 nitrogen and oxygen atoms in total. The maximum atomic E-state index is 12.1. The van der Waals surface area contributed by atoms with Gasteiger partial charge in [0, 0.05) is 6.26 Å². The molecule has 20 heavy (non-hydrogen) atoms. The minimum Gasteiger partial charge on any atom is -0.394 e. The standard InChI is InChI=1S/C13H26N2O4S/c1-10-4-3-6-13(8-10,9-16)15-12(17)11(14)5-7-20(2,18)19/h10-11,16H,3-9,14H2,1-2H3,(H,15,17). The van der Waals surface area contributed by atoms with Crippen LogP contribution in [0.15, 0.2) is 0 Å². The molecule has 3 unspecified atom stereocenters. The maximum Gasteiger partial charge on any atom is 0.237 e. The Morgan fingerprint density at radius 1 is 1.55 bits per heavy atom. The van der Waals surface area contributed by atoms with Gasteiger partial charge in [-0.15, -0.1) is 0 Å². The Morgan fingerprint density at radius 2 is 2.20 bits per heavy atom. The van der Waals surface area contributed by atoms with Crippen LogP contribution in [0.2, 0.25) is 0 Å². The number of hydrogen-bond acceptors (Lipinski definition) is 5. The van der Waals surface area contributed by atoms with E-state index in [9.17, 15) is 18.3 Å². The predicted molar refractivity (Wildman–Crippen MR) is 77.9 cm³/mol. The summed E-state index contributed by atoms with van der Waals surface area (Å²) >= 11 is 0. The van der Waals surface area contributed by atoms with Crippen molar-refractivity contribution in [2.75, 3.05) is 18.6 Å². The lowest BCUT2D eigenvalue weighted by Gasteiger charge is -2.40. The van der Waals surface area contributed by atoms with Crippen molar-refractivity contribution in [3.8, 4) is 0 Å². The Hall–Kier alpha value is -0.660. The summed E-state index contributed by atoms with van der Waals surface area (Å²) < 4.78 is 22.2. The fourth-order valence-corrected chi connectivity index (χ4v) is 3.47. The van der Waals surface area contributed by atoms with Crippen LogP contribution in [0.4, 0.5) is 0 Å². The number of sulfone groups is 1. The number of amides is 1. The molecule has 0 bridgehead atoms. The second-order valence-corrected chi connectivity index (χ2v) is 8.41. The Bertz CT molecular complexity index is 438. The predicted octanol–water partition coefficient (Wildman–Crippen LogP) is -0.194. The number of rotatable bonds is 6. The zero-order chi connectivity index (χ0) is 15.4. The van der Waals surface area contributed by atoms with E-state index in [1.54, 1.807) is 0 Å². The SMILES string of the molecule is CC1CCCC(CO)(NC(=O)C(N)CCS(C)(=O)=O)C1. The third-order valence-corrected chi connectivity index (χ3v) is 4.90. The number of carbonyl (C=O) groups is 1. The number of hydrogen-bond donors (Lipinski definition) is 3. The van der Waals surface area contributed by atoms with E-state index in [0.717, 1.165) is 31.9 Å². The molecular formula is C13H26N2O4S. The molecule has 4 N–H and O–H groups in total. The number of nitrogens with two attached hydrogens (primary N) is 1. The summed E-state index contributed by atoms with van der Waals surface area (Å²) in [6.45, 7) is 1.99. The quantitative estimate of drug-likeness (QED) is 0.630. The van der Waals surface area contributed by atoms with E-state index >= 15 is 0 Å². The van der Waals surface area contributed by atoms with Crippen LogP contribution in [0.1, 0.15) is 39.0 Å². The van der Waals surface area contributed by atoms with Gasteiger partial charge in [-0.05, 0) is 25.2 Å². The molecule has 0 aromatic rings. The fourth-order valence-electron chi connectivity index (χ4n) is 2.78. The monoisotopic (exact) mass is 306 g/mol. The van der Waals surface area contributed by atoms with Gasteiger partial charge in [0.25, 0.3) is 0 Å². The topological polar surface area (TPSA) is 109 Å². The highest BCUT2D eigenvalue weighted by atomic mass is 32.2. The molecule has 0 spiro atoms. The summed E-state index contributed by atoms with van der Waals surface area (Å²) in [5, 5.41) is 12.4. The molecule has 0 aromatic heterocycles. The Morgan fingerprint density at radius 3 is 2.70 bits per heavy atom. The van der Waals surface area contributed by atoms with Gasteiger partial charge in [0.05, 0.1) is 23.9 Å². The first kappa shape index (κ1) is 17.4. The van der Waals surface area contributed by atoms with Crippen molar-refractivity contribution < 1.29 is 18.3 Å². The van der Waals surface area contributed by atoms with E-state index in [1.807, 2.05) is 0 Å². The Labute approximate surface area is 121 Å². The second kappa shape index (κ2) is 6.87. The van der Waals surface area contributed by atoms with Crippen molar-refractivity contribution >= 4 is 15.7 Å². The second-order valence-electron chi connectivity index (χ2n) is 6.15. The molecule has 1 saturated carbocycles. The molecule has 1 fully saturated rings. The van der Waals surface area contributed by atoms with Gasteiger partial charge in [0.15, 0.2) is 0 Å². The van der Waals surface area contributed by atoms with E-state index in [4.69, 9.17) is 5.73 Å². The highest BCUT2D eigenvalue weighted by Crippen LogP contribution is 2.32. The molecule has 3 atom stereocenters. The van der Waals surface area contributed by atoms with Gasteiger partial charge in [-0.1, -0.05) is 19.8 Å².